The molecule has 1 amide bonds. The van der Waals surface area contributed by atoms with E-state index in [4.69, 9.17) is 0 Å². The molecule has 1 aliphatic heterocycles. The Morgan fingerprint density at radius 3 is 2.56 bits per heavy atom. The van der Waals surface area contributed by atoms with Gasteiger partial charge < -0.3 is 10.2 Å². The van der Waals surface area contributed by atoms with E-state index in [1.54, 1.807) is 6.07 Å². The van der Waals surface area contributed by atoms with Crippen LogP contribution in [0.15, 0.2) is 16.3 Å². The van der Waals surface area contributed by atoms with Crippen molar-refractivity contribution in [2.24, 2.45) is 5.92 Å². The fourth-order valence-electron chi connectivity index (χ4n) is 2.92. The summed E-state index contributed by atoms with van der Waals surface area (Å²) >= 11 is 1.34. The van der Waals surface area contributed by atoms with Crippen molar-refractivity contribution in [1.29, 1.82) is 0 Å². The number of rotatable bonds is 8. The third-order valence-corrected chi connectivity index (χ3v) is 8.08. The van der Waals surface area contributed by atoms with Gasteiger partial charge in [0.1, 0.15) is 4.21 Å². The second kappa shape index (κ2) is 9.12. The molecule has 25 heavy (non-hydrogen) atoms. The highest BCUT2D eigenvalue weighted by molar-refractivity contribution is 7.91. The Labute approximate surface area is 155 Å². The normalized spacial score (nSPS) is 17.1. The highest BCUT2D eigenvalue weighted by atomic mass is 32.2. The molecule has 8 heteroatoms. The predicted octanol–water partition coefficient (Wildman–Crippen LogP) is 1.78. The summed E-state index contributed by atoms with van der Waals surface area (Å²) in [4.78, 5) is 15.4. The molecule has 1 saturated heterocycles. The van der Waals surface area contributed by atoms with Gasteiger partial charge in [-0.15, -0.1) is 11.3 Å². The minimum Gasteiger partial charge on any atom is -0.356 e. The number of nitrogens with zero attached hydrogens (tertiary/aromatic N) is 2. The number of thiophene rings is 1. The van der Waals surface area contributed by atoms with Gasteiger partial charge in [-0.2, -0.15) is 4.31 Å². The number of nitrogens with one attached hydrogen (secondary N) is 1. The van der Waals surface area contributed by atoms with Gasteiger partial charge in [0, 0.05) is 30.4 Å². The molecule has 1 fully saturated rings. The highest BCUT2D eigenvalue weighted by Crippen LogP contribution is 2.28. The van der Waals surface area contributed by atoms with E-state index in [2.05, 4.69) is 10.2 Å². The van der Waals surface area contributed by atoms with Crippen molar-refractivity contribution in [3.05, 3.63) is 17.0 Å². The van der Waals surface area contributed by atoms with Crippen molar-refractivity contribution in [1.82, 2.24) is 14.5 Å². The largest absolute Gasteiger partial charge is 0.356 e. The van der Waals surface area contributed by atoms with Crippen LogP contribution in [0.2, 0.25) is 0 Å². The lowest BCUT2D eigenvalue weighted by atomic mass is 9.97. The number of hydrogen-bond acceptors (Lipinski definition) is 5. The maximum absolute atomic E-state index is 12.7. The van der Waals surface area contributed by atoms with Gasteiger partial charge in [-0.25, -0.2) is 8.42 Å². The first-order valence-corrected chi connectivity index (χ1v) is 11.1. The molecule has 0 bridgehead atoms. The SMILES string of the molecule is CCc1ccc(S(=O)(=O)N2CCC(C(=O)NCCCN(C)C)CC2)s1. The molecule has 1 N–H and O–H groups in total. The van der Waals surface area contributed by atoms with Crippen LogP contribution < -0.4 is 5.32 Å². The molecule has 2 rings (SSSR count). The Morgan fingerprint density at radius 1 is 1.32 bits per heavy atom. The summed E-state index contributed by atoms with van der Waals surface area (Å²) in [5.74, 6) is -0.0273. The van der Waals surface area contributed by atoms with Crippen LogP contribution in [-0.2, 0) is 21.2 Å². The Hall–Kier alpha value is -0.960. The molecule has 0 spiro atoms. The first-order valence-electron chi connectivity index (χ1n) is 8.86. The van der Waals surface area contributed by atoms with Crippen molar-refractivity contribution in [3.63, 3.8) is 0 Å². The molecule has 0 saturated carbocycles. The van der Waals surface area contributed by atoms with Crippen LogP contribution in [0.3, 0.4) is 0 Å². The number of aryl methyl sites for hydroxylation is 1. The van der Waals surface area contributed by atoms with Crippen molar-refractivity contribution < 1.29 is 13.2 Å². The maximum atomic E-state index is 12.7. The molecule has 142 valence electrons. The number of piperidine rings is 1. The van der Waals surface area contributed by atoms with Gasteiger partial charge in [-0.05, 0) is 58.5 Å². The van der Waals surface area contributed by atoms with Crippen LogP contribution in [0.25, 0.3) is 0 Å². The molecule has 0 atom stereocenters. The summed E-state index contributed by atoms with van der Waals surface area (Å²) in [6, 6.07) is 3.58. The lowest BCUT2D eigenvalue weighted by Crippen LogP contribution is -2.43. The van der Waals surface area contributed by atoms with E-state index in [0.717, 1.165) is 24.3 Å². The molecular weight excluding hydrogens is 358 g/mol. The summed E-state index contributed by atoms with van der Waals surface area (Å²) in [7, 11) is 0.602. The standard InChI is InChI=1S/C17H29N3O3S2/c1-4-15-6-7-16(24-15)25(22,23)20-12-8-14(9-13-20)17(21)18-10-5-11-19(2)3/h6-7,14H,4-5,8-13H2,1-3H3,(H,18,21). The predicted molar refractivity (Wildman–Crippen MR) is 101 cm³/mol. The minimum atomic E-state index is -3.42. The van der Waals surface area contributed by atoms with E-state index in [-0.39, 0.29) is 11.8 Å². The average molecular weight is 388 g/mol. The second-order valence-electron chi connectivity index (χ2n) is 6.70. The Morgan fingerprint density at radius 2 is 2.00 bits per heavy atom. The fourth-order valence-corrected chi connectivity index (χ4v) is 5.84. The molecule has 1 aliphatic rings. The molecule has 6 nitrogen and oxygen atoms in total. The van der Waals surface area contributed by atoms with Gasteiger partial charge in [0.2, 0.25) is 5.91 Å². The molecule has 1 aromatic rings. The first kappa shape index (κ1) is 20.4. The molecule has 0 aromatic carbocycles. The van der Waals surface area contributed by atoms with Gasteiger partial charge in [0.25, 0.3) is 10.0 Å². The van der Waals surface area contributed by atoms with Gasteiger partial charge in [-0.1, -0.05) is 6.92 Å². The molecular formula is C17H29N3O3S2. The number of hydrogen-bond donors (Lipinski definition) is 1. The van der Waals surface area contributed by atoms with Crippen LogP contribution in [0.1, 0.15) is 31.1 Å². The van der Waals surface area contributed by atoms with Crippen molar-refractivity contribution in [2.45, 2.75) is 36.8 Å². The van der Waals surface area contributed by atoms with E-state index >= 15 is 0 Å². The fraction of sp³-hybridized carbons (Fsp3) is 0.706. The summed E-state index contributed by atoms with van der Waals surface area (Å²) in [5, 5.41) is 2.97. The number of sulfonamides is 1. The summed E-state index contributed by atoms with van der Waals surface area (Å²) < 4.78 is 27.3. The van der Waals surface area contributed by atoms with Crippen molar-refractivity contribution >= 4 is 27.3 Å². The zero-order valence-corrected chi connectivity index (χ0v) is 17.0. The molecule has 0 radical (unpaired) electrons. The van der Waals surface area contributed by atoms with Crippen LogP contribution in [-0.4, -0.2) is 63.8 Å². The number of amides is 1. The number of carbonyl (C=O) groups is 1. The van der Waals surface area contributed by atoms with Crippen LogP contribution >= 0.6 is 11.3 Å². The average Bonchev–Trinajstić information content (AvgIpc) is 3.08. The number of carbonyl (C=O) groups excluding carboxylic acids is 1. The topological polar surface area (TPSA) is 69.7 Å². The van der Waals surface area contributed by atoms with Gasteiger partial charge in [0.15, 0.2) is 0 Å². The first-order chi connectivity index (χ1) is 11.8. The zero-order valence-electron chi connectivity index (χ0n) is 15.3. The van der Waals surface area contributed by atoms with Crippen LogP contribution in [0.4, 0.5) is 0 Å². The summed E-state index contributed by atoms with van der Waals surface area (Å²) in [6.45, 7) is 4.46. The Balaban J connectivity index is 1.83. The van der Waals surface area contributed by atoms with Crippen LogP contribution in [0, 0.1) is 5.92 Å². The van der Waals surface area contributed by atoms with Crippen molar-refractivity contribution in [3.8, 4) is 0 Å². The Kier molecular flexibility index (Phi) is 7.42. The maximum Gasteiger partial charge on any atom is 0.252 e. The van der Waals surface area contributed by atoms with E-state index in [1.165, 1.54) is 15.6 Å². The van der Waals surface area contributed by atoms with Crippen molar-refractivity contribution in [2.75, 3.05) is 40.3 Å². The van der Waals surface area contributed by atoms with E-state index < -0.39 is 10.0 Å². The molecule has 1 aromatic heterocycles. The summed E-state index contributed by atoms with van der Waals surface area (Å²) in [5.41, 5.74) is 0. The van der Waals surface area contributed by atoms with Gasteiger partial charge in [0.05, 0.1) is 0 Å². The Bertz CT molecular complexity index is 662. The quantitative estimate of drug-likeness (QED) is 0.691. The summed E-state index contributed by atoms with van der Waals surface area (Å²) in [6.07, 6.45) is 2.94. The second-order valence-corrected chi connectivity index (χ2v) is 10.0. The van der Waals surface area contributed by atoms with E-state index in [1.807, 2.05) is 27.1 Å². The van der Waals surface area contributed by atoms with E-state index in [0.29, 0.717) is 36.7 Å². The smallest absolute Gasteiger partial charge is 0.252 e. The molecule has 0 aliphatic carbocycles. The third-order valence-electron chi connectivity index (χ3n) is 4.49. The monoisotopic (exact) mass is 387 g/mol. The van der Waals surface area contributed by atoms with Crippen LogP contribution in [0.5, 0.6) is 0 Å². The van der Waals surface area contributed by atoms with E-state index in [9.17, 15) is 13.2 Å². The lowest BCUT2D eigenvalue weighted by molar-refractivity contribution is -0.126. The van der Waals surface area contributed by atoms with Gasteiger partial charge in [-0.3, -0.25) is 4.79 Å². The van der Waals surface area contributed by atoms with Gasteiger partial charge >= 0.3 is 0 Å². The molecule has 2 heterocycles. The lowest BCUT2D eigenvalue weighted by Gasteiger charge is -2.30. The highest BCUT2D eigenvalue weighted by Gasteiger charge is 2.32. The molecule has 0 unspecified atom stereocenters. The zero-order chi connectivity index (χ0) is 18.4. The third kappa shape index (κ3) is 5.51. The minimum absolute atomic E-state index is 0.0557.